The van der Waals surface area contributed by atoms with Gasteiger partial charge in [-0.05, 0) is 57.4 Å². The predicted molar refractivity (Wildman–Crippen MR) is 123 cm³/mol. The first-order valence-electron chi connectivity index (χ1n) is 12.2. The van der Waals surface area contributed by atoms with Crippen molar-refractivity contribution in [1.82, 2.24) is 20.2 Å². The lowest BCUT2D eigenvalue weighted by Crippen LogP contribution is -2.54. The van der Waals surface area contributed by atoms with Crippen LogP contribution in [0.1, 0.15) is 52.0 Å². The summed E-state index contributed by atoms with van der Waals surface area (Å²) in [5, 5.41) is 4.62. The zero-order chi connectivity index (χ0) is 24.1. The number of carbonyl (C=O) groups is 3. The molecule has 1 spiro atoms. The van der Waals surface area contributed by atoms with E-state index in [0.29, 0.717) is 39.1 Å². The Morgan fingerprint density at radius 3 is 2.56 bits per heavy atom. The summed E-state index contributed by atoms with van der Waals surface area (Å²) in [6.07, 6.45) is 2.98. The molecule has 0 aromatic heterocycles. The van der Waals surface area contributed by atoms with Gasteiger partial charge in [0, 0.05) is 25.7 Å². The minimum Gasteiger partial charge on any atom is -0.444 e. The first kappa shape index (κ1) is 23.0. The molecule has 4 fully saturated rings. The summed E-state index contributed by atoms with van der Waals surface area (Å²) in [6.45, 7) is 7.31. The summed E-state index contributed by atoms with van der Waals surface area (Å²) >= 11 is 0. The van der Waals surface area contributed by atoms with E-state index in [0.717, 1.165) is 18.4 Å². The number of urea groups is 1. The van der Waals surface area contributed by atoms with Gasteiger partial charge in [0.15, 0.2) is 0 Å². The molecule has 1 aromatic rings. The summed E-state index contributed by atoms with van der Waals surface area (Å²) < 4.78 is 5.45. The molecule has 184 valence electrons. The van der Waals surface area contributed by atoms with Crippen LogP contribution in [0.3, 0.4) is 0 Å². The number of benzene rings is 1. The van der Waals surface area contributed by atoms with Gasteiger partial charge in [0.05, 0.1) is 6.04 Å². The van der Waals surface area contributed by atoms with Gasteiger partial charge in [0.2, 0.25) is 5.91 Å². The molecule has 2 bridgehead atoms. The lowest BCUT2D eigenvalue weighted by molar-refractivity contribution is -0.153. The average Bonchev–Trinajstić information content (AvgIpc) is 3.28. The number of carbonyl (C=O) groups excluding carboxylic acids is 3. The fourth-order valence-electron chi connectivity index (χ4n) is 5.40. The Hall–Kier alpha value is -2.81. The summed E-state index contributed by atoms with van der Waals surface area (Å²) in [7, 11) is 0. The highest BCUT2D eigenvalue weighted by Gasteiger charge is 2.64. The third kappa shape index (κ3) is 4.45. The van der Waals surface area contributed by atoms with Crippen LogP contribution in [0.15, 0.2) is 30.3 Å². The van der Waals surface area contributed by atoms with Gasteiger partial charge >= 0.3 is 12.1 Å². The lowest BCUT2D eigenvalue weighted by atomic mass is 9.85. The Balaban J connectivity index is 1.20. The molecule has 1 N–H and O–H groups in total. The molecule has 4 amide bonds. The number of hydrogen-bond donors (Lipinski definition) is 1. The molecule has 9 heteroatoms. The van der Waals surface area contributed by atoms with Crippen LogP contribution in [-0.4, -0.2) is 76.3 Å². The number of hydroxylamine groups is 2. The summed E-state index contributed by atoms with van der Waals surface area (Å²) in [4.78, 5) is 48.2. The summed E-state index contributed by atoms with van der Waals surface area (Å²) in [5.41, 5.74) is 0.404. The van der Waals surface area contributed by atoms with Gasteiger partial charge < -0.3 is 19.9 Å². The average molecular weight is 471 g/mol. The zero-order valence-electron chi connectivity index (χ0n) is 20.2. The van der Waals surface area contributed by atoms with E-state index < -0.39 is 11.6 Å². The van der Waals surface area contributed by atoms with Crippen LogP contribution in [0.4, 0.5) is 9.59 Å². The lowest BCUT2D eigenvalue weighted by Gasteiger charge is -2.36. The van der Waals surface area contributed by atoms with Gasteiger partial charge in [-0.25, -0.2) is 9.59 Å². The van der Waals surface area contributed by atoms with E-state index in [1.54, 1.807) is 9.80 Å². The van der Waals surface area contributed by atoms with Crippen molar-refractivity contribution in [2.75, 3.05) is 19.6 Å². The van der Waals surface area contributed by atoms with Crippen LogP contribution in [0, 0.1) is 5.41 Å². The van der Waals surface area contributed by atoms with Gasteiger partial charge in [-0.3, -0.25) is 9.63 Å². The minimum atomic E-state index is -0.555. The number of nitrogens with one attached hydrogen (secondary N) is 1. The van der Waals surface area contributed by atoms with Gasteiger partial charge in [0.25, 0.3) is 0 Å². The monoisotopic (exact) mass is 470 g/mol. The van der Waals surface area contributed by atoms with Gasteiger partial charge in [-0.1, -0.05) is 30.3 Å². The summed E-state index contributed by atoms with van der Waals surface area (Å²) in [5.74, 6) is -0.140. The largest absolute Gasteiger partial charge is 0.444 e. The molecule has 34 heavy (non-hydrogen) atoms. The molecule has 1 aliphatic carbocycles. The molecule has 3 atom stereocenters. The van der Waals surface area contributed by atoms with Crippen molar-refractivity contribution in [2.24, 2.45) is 5.41 Å². The number of hydrogen-bond acceptors (Lipinski definition) is 5. The molecule has 5 rings (SSSR count). The Bertz CT molecular complexity index is 958. The highest BCUT2D eigenvalue weighted by atomic mass is 16.7. The van der Waals surface area contributed by atoms with Crippen LogP contribution >= 0.6 is 0 Å². The maximum absolute atomic E-state index is 13.3. The van der Waals surface area contributed by atoms with Gasteiger partial charge in [0.1, 0.15) is 18.2 Å². The van der Waals surface area contributed by atoms with E-state index >= 15 is 0 Å². The van der Waals surface area contributed by atoms with E-state index in [-0.39, 0.29) is 35.5 Å². The SMILES string of the molecule is CC(C)(C)OC(=O)N1CCC(NC(=O)[C@@H]2CC3(CC3)[C@@H]3CN2C(=O)N3OCc2ccccc2)C1. The van der Waals surface area contributed by atoms with Crippen molar-refractivity contribution < 1.29 is 24.0 Å². The van der Waals surface area contributed by atoms with Crippen LogP contribution in [0.2, 0.25) is 0 Å². The molecule has 1 aromatic carbocycles. The number of fused-ring (bicyclic) bond motifs is 3. The van der Waals surface area contributed by atoms with Crippen molar-refractivity contribution in [1.29, 1.82) is 0 Å². The predicted octanol–water partition coefficient (Wildman–Crippen LogP) is 2.90. The molecule has 1 unspecified atom stereocenters. The highest BCUT2D eigenvalue weighted by molar-refractivity contribution is 5.89. The van der Waals surface area contributed by atoms with Crippen molar-refractivity contribution in [3.63, 3.8) is 0 Å². The van der Waals surface area contributed by atoms with E-state index in [9.17, 15) is 14.4 Å². The standard InChI is InChI=1S/C25H34N4O5/c1-24(2,3)34-23(32)27-12-9-18(14-27)26-21(30)19-13-25(10-11-25)20-15-28(19)22(31)29(20)33-16-17-7-5-4-6-8-17/h4-8,18-20H,9-16H2,1-3H3,(H,26,30)/t18?,19-,20-/m0/s1. The first-order chi connectivity index (χ1) is 16.2. The maximum atomic E-state index is 13.3. The number of rotatable bonds is 5. The van der Waals surface area contributed by atoms with Gasteiger partial charge in [-0.15, -0.1) is 0 Å². The summed E-state index contributed by atoms with van der Waals surface area (Å²) in [6, 6.07) is 8.89. The van der Waals surface area contributed by atoms with E-state index in [1.165, 1.54) is 5.06 Å². The molecular formula is C25H34N4O5. The smallest absolute Gasteiger partial charge is 0.410 e. The van der Waals surface area contributed by atoms with E-state index in [2.05, 4.69) is 5.32 Å². The number of piperidine rings is 1. The fourth-order valence-corrected chi connectivity index (χ4v) is 5.40. The van der Waals surface area contributed by atoms with Crippen molar-refractivity contribution in [3.05, 3.63) is 35.9 Å². The second-order valence-electron chi connectivity index (χ2n) is 11.0. The van der Waals surface area contributed by atoms with Crippen LogP contribution in [-0.2, 0) is 21.0 Å². The molecule has 9 nitrogen and oxygen atoms in total. The fraction of sp³-hybridized carbons (Fsp3) is 0.640. The molecular weight excluding hydrogens is 436 g/mol. The van der Waals surface area contributed by atoms with Crippen molar-refractivity contribution in [3.8, 4) is 0 Å². The molecule has 3 heterocycles. The van der Waals surface area contributed by atoms with Crippen LogP contribution in [0.5, 0.6) is 0 Å². The Morgan fingerprint density at radius 1 is 1.15 bits per heavy atom. The topological polar surface area (TPSA) is 91.4 Å². The number of amides is 4. The van der Waals surface area contributed by atoms with E-state index in [4.69, 9.17) is 9.57 Å². The van der Waals surface area contributed by atoms with Crippen LogP contribution < -0.4 is 5.32 Å². The number of nitrogens with zero attached hydrogens (tertiary/aromatic N) is 3. The van der Waals surface area contributed by atoms with Crippen molar-refractivity contribution >= 4 is 18.0 Å². The molecule has 1 saturated carbocycles. The normalized spacial score (nSPS) is 27.3. The first-order valence-corrected chi connectivity index (χ1v) is 12.2. The third-order valence-electron chi connectivity index (χ3n) is 7.36. The van der Waals surface area contributed by atoms with Crippen LogP contribution in [0.25, 0.3) is 0 Å². The van der Waals surface area contributed by atoms with Crippen molar-refractivity contribution in [2.45, 2.75) is 76.8 Å². The second kappa shape index (κ2) is 8.45. The Kier molecular flexibility index (Phi) is 5.70. The Labute approximate surface area is 200 Å². The minimum absolute atomic E-state index is 0.0121. The number of likely N-dealkylation sites (tertiary alicyclic amines) is 1. The maximum Gasteiger partial charge on any atom is 0.410 e. The third-order valence-corrected chi connectivity index (χ3v) is 7.36. The van der Waals surface area contributed by atoms with E-state index in [1.807, 2.05) is 51.1 Å². The Morgan fingerprint density at radius 2 is 1.88 bits per heavy atom. The highest BCUT2D eigenvalue weighted by Crippen LogP contribution is 2.59. The number of ether oxygens (including phenoxy) is 1. The second-order valence-corrected chi connectivity index (χ2v) is 11.0. The zero-order valence-corrected chi connectivity index (χ0v) is 20.2. The quantitative estimate of drug-likeness (QED) is 0.715. The molecule has 3 saturated heterocycles. The molecule has 4 aliphatic rings. The molecule has 0 radical (unpaired) electrons. The van der Waals surface area contributed by atoms with Gasteiger partial charge in [-0.2, -0.15) is 5.06 Å². The molecule has 3 aliphatic heterocycles.